The molecule has 0 atom stereocenters. The summed E-state index contributed by atoms with van der Waals surface area (Å²) in [5, 5.41) is 19.9. The van der Waals surface area contributed by atoms with Gasteiger partial charge in [-0.1, -0.05) is 17.7 Å². The van der Waals surface area contributed by atoms with Crippen LogP contribution in [-0.2, 0) is 0 Å². The molecule has 5 rings (SSSR count). The van der Waals surface area contributed by atoms with Crippen LogP contribution in [0, 0.1) is 6.92 Å². The van der Waals surface area contributed by atoms with Gasteiger partial charge in [0.05, 0.1) is 29.2 Å². The third-order valence-electron chi connectivity index (χ3n) is 5.09. The second kappa shape index (κ2) is 7.38. The normalized spacial score (nSPS) is 13.4. The quantitative estimate of drug-likeness (QED) is 0.526. The van der Waals surface area contributed by atoms with Crippen LogP contribution in [0.25, 0.3) is 17.1 Å². The SMILES string of the molecule is Cc1c(C(=O)Nc2ccc(-c3nnnn3C3CC3)cc2)cnn1-c1cccc(Cl)c1. The van der Waals surface area contributed by atoms with Crippen molar-refractivity contribution in [2.24, 2.45) is 0 Å². The number of halogens is 1. The van der Waals surface area contributed by atoms with Crippen molar-refractivity contribution in [2.45, 2.75) is 25.8 Å². The predicted octanol–water partition coefficient (Wildman–Crippen LogP) is 4.07. The van der Waals surface area contributed by atoms with Crippen molar-refractivity contribution in [3.63, 3.8) is 0 Å². The van der Waals surface area contributed by atoms with Crippen LogP contribution in [0.2, 0.25) is 5.02 Å². The number of benzene rings is 2. The van der Waals surface area contributed by atoms with Crippen molar-refractivity contribution in [3.05, 3.63) is 71.0 Å². The highest BCUT2D eigenvalue weighted by atomic mass is 35.5. The fraction of sp³-hybridized carbons (Fsp3) is 0.190. The van der Waals surface area contributed by atoms with Gasteiger partial charge in [-0.15, -0.1) is 5.10 Å². The molecule has 0 saturated heterocycles. The standard InChI is InChI=1S/C21H18ClN7O/c1-13-19(12-23-28(13)18-4-2-3-15(22)11-18)21(30)24-16-7-5-14(6-8-16)20-25-26-27-29(20)17-9-10-17/h2-8,11-12,17H,9-10H2,1H3,(H,24,30). The smallest absolute Gasteiger partial charge is 0.259 e. The van der Waals surface area contributed by atoms with Crippen molar-refractivity contribution in [2.75, 3.05) is 5.32 Å². The number of hydrogen-bond donors (Lipinski definition) is 1. The van der Waals surface area contributed by atoms with Gasteiger partial charge in [-0.3, -0.25) is 4.79 Å². The fourth-order valence-corrected chi connectivity index (χ4v) is 3.54. The summed E-state index contributed by atoms with van der Waals surface area (Å²) in [5.41, 5.74) is 3.63. The molecule has 0 spiro atoms. The first-order valence-corrected chi connectivity index (χ1v) is 9.98. The number of anilines is 1. The number of nitrogens with zero attached hydrogens (tertiary/aromatic N) is 6. The van der Waals surface area contributed by atoms with Crippen LogP contribution < -0.4 is 5.32 Å². The maximum atomic E-state index is 12.8. The highest BCUT2D eigenvalue weighted by Gasteiger charge is 2.28. The zero-order valence-electron chi connectivity index (χ0n) is 16.2. The molecule has 2 heterocycles. The summed E-state index contributed by atoms with van der Waals surface area (Å²) in [6.45, 7) is 1.85. The van der Waals surface area contributed by atoms with E-state index in [1.807, 2.05) is 48.0 Å². The van der Waals surface area contributed by atoms with Gasteiger partial charge in [0.25, 0.3) is 5.91 Å². The second-order valence-corrected chi connectivity index (χ2v) is 7.68. The van der Waals surface area contributed by atoms with Gasteiger partial charge >= 0.3 is 0 Å². The average Bonchev–Trinajstić information content (AvgIpc) is 3.34. The van der Waals surface area contributed by atoms with E-state index in [0.717, 1.165) is 35.6 Å². The lowest BCUT2D eigenvalue weighted by Gasteiger charge is -2.08. The summed E-state index contributed by atoms with van der Waals surface area (Å²) in [6, 6.07) is 15.2. The molecule has 0 bridgehead atoms. The monoisotopic (exact) mass is 419 g/mol. The minimum Gasteiger partial charge on any atom is -0.322 e. The van der Waals surface area contributed by atoms with Crippen molar-refractivity contribution in [1.82, 2.24) is 30.0 Å². The van der Waals surface area contributed by atoms with E-state index in [0.29, 0.717) is 22.3 Å². The first-order valence-electron chi connectivity index (χ1n) is 9.60. The molecule has 0 unspecified atom stereocenters. The third kappa shape index (κ3) is 3.46. The molecule has 1 amide bonds. The van der Waals surface area contributed by atoms with Gasteiger partial charge in [0, 0.05) is 16.3 Å². The largest absolute Gasteiger partial charge is 0.322 e. The van der Waals surface area contributed by atoms with Gasteiger partial charge in [-0.2, -0.15) is 5.10 Å². The number of hydrogen-bond acceptors (Lipinski definition) is 5. The number of aromatic nitrogens is 6. The molecule has 1 saturated carbocycles. The summed E-state index contributed by atoms with van der Waals surface area (Å²) < 4.78 is 3.56. The Morgan fingerprint density at radius 1 is 1.17 bits per heavy atom. The molecular weight excluding hydrogens is 402 g/mol. The van der Waals surface area contributed by atoms with E-state index in [4.69, 9.17) is 11.6 Å². The number of tetrazole rings is 1. The number of amides is 1. The Hall–Kier alpha value is -3.52. The topological polar surface area (TPSA) is 90.5 Å². The molecule has 150 valence electrons. The van der Waals surface area contributed by atoms with Crippen LogP contribution in [0.4, 0.5) is 5.69 Å². The molecule has 1 fully saturated rings. The van der Waals surface area contributed by atoms with E-state index in [1.54, 1.807) is 23.0 Å². The lowest BCUT2D eigenvalue weighted by molar-refractivity contribution is 0.102. The highest BCUT2D eigenvalue weighted by Crippen LogP contribution is 2.36. The predicted molar refractivity (Wildman–Crippen MR) is 113 cm³/mol. The molecule has 9 heteroatoms. The molecule has 2 aromatic carbocycles. The molecule has 4 aromatic rings. The number of nitrogens with one attached hydrogen (secondary N) is 1. The average molecular weight is 420 g/mol. The van der Waals surface area contributed by atoms with Crippen LogP contribution in [-0.4, -0.2) is 35.9 Å². The third-order valence-corrected chi connectivity index (χ3v) is 5.33. The molecule has 1 N–H and O–H groups in total. The van der Waals surface area contributed by atoms with Gasteiger partial charge in [-0.05, 0) is 72.7 Å². The summed E-state index contributed by atoms with van der Waals surface area (Å²) in [4.78, 5) is 12.8. The van der Waals surface area contributed by atoms with Crippen LogP contribution in [0.15, 0.2) is 54.7 Å². The number of carbonyl (C=O) groups excluding carboxylic acids is 1. The summed E-state index contributed by atoms with van der Waals surface area (Å²) in [6.07, 6.45) is 3.77. The Labute approximate surface area is 177 Å². The molecule has 8 nitrogen and oxygen atoms in total. The van der Waals surface area contributed by atoms with E-state index in [1.165, 1.54) is 0 Å². The van der Waals surface area contributed by atoms with E-state index in [-0.39, 0.29) is 5.91 Å². The highest BCUT2D eigenvalue weighted by molar-refractivity contribution is 6.30. The van der Waals surface area contributed by atoms with E-state index in [9.17, 15) is 4.79 Å². The van der Waals surface area contributed by atoms with E-state index in [2.05, 4.69) is 25.9 Å². The first-order chi connectivity index (χ1) is 14.6. The van der Waals surface area contributed by atoms with E-state index >= 15 is 0 Å². The minimum absolute atomic E-state index is 0.226. The Morgan fingerprint density at radius 2 is 1.97 bits per heavy atom. The molecule has 0 radical (unpaired) electrons. The van der Waals surface area contributed by atoms with Crippen molar-refractivity contribution >= 4 is 23.2 Å². The molecule has 2 aromatic heterocycles. The van der Waals surface area contributed by atoms with Gasteiger partial charge in [-0.25, -0.2) is 9.36 Å². The van der Waals surface area contributed by atoms with Crippen molar-refractivity contribution in [3.8, 4) is 17.1 Å². The summed E-state index contributed by atoms with van der Waals surface area (Å²) in [7, 11) is 0. The van der Waals surface area contributed by atoms with Crippen LogP contribution in [0.3, 0.4) is 0 Å². The Morgan fingerprint density at radius 3 is 2.70 bits per heavy atom. The van der Waals surface area contributed by atoms with E-state index < -0.39 is 0 Å². The van der Waals surface area contributed by atoms with Gasteiger partial charge in [0.1, 0.15) is 0 Å². The Bertz CT molecular complexity index is 1220. The van der Waals surface area contributed by atoms with Crippen molar-refractivity contribution in [1.29, 1.82) is 0 Å². The second-order valence-electron chi connectivity index (χ2n) is 7.25. The van der Waals surface area contributed by atoms with Crippen LogP contribution in [0.5, 0.6) is 0 Å². The van der Waals surface area contributed by atoms with Crippen molar-refractivity contribution < 1.29 is 4.79 Å². The lowest BCUT2D eigenvalue weighted by atomic mass is 10.2. The van der Waals surface area contributed by atoms with Gasteiger partial charge in [0.2, 0.25) is 0 Å². The molecule has 1 aliphatic rings. The van der Waals surface area contributed by atoms with Crippen LogP contribution >= 0.6 is 11.6 Å². The number of rotatable bonds is 5. The van der Waals surface area contributed by atoms with Gasteiger partial charge in [0.15, 0.2) is 5.82 Å². The van der Waals surface area contributed by atoms with Crippen LogP contribution in [0.1, 0.15) is 34.9 Å². The molecule has 1 aliphatic carbocycles. The maximum absolute atomic E-state index is 12.8. The summed E-state index contributed by atoms with van der Waals surface area (Å²) in [5.74, 6) is 0.519. The molecule has 30 heavy (non-hydrogen) atoms. The lowest BCUT2D eigenvalue weighted by Crippen LogP contribution is -2.13. The minimum atomic E-state index is -0.226. The Balaban J connectivity index is 1.34. The fourth-order valence-electron chi connectivity index (χ4n) is 3.35. The summed E-state index contributed by atoms with van der Waals surface area (Å²) >= 11 is 6.07. The Kier molecular flexibility index (Phi) is 4.55. The zero-order valence-corrected chi connectivity index (χ0v) is 16.9. The first kappa shape index (κ1) is 18.5. The van der Waals surface area contributed by atoms with Gasteiger partial charge < -0.3 is 5.32 Å². The maximum Gasteiger partial charge on any atom is 0.259 e. The molecular formula is C21H18ClN7O. The molecule has 0 aliphatic heterocycles. The number of carbonyl (C=O) groups is 1. The zero-order chi connectivity index (χ0) is 20.7.